The largest absolute Gasteiger partial charge is 0.494 e. The fourth-order valence-corrected chi connectivity index (χ4v) is 3.08. The molecule has 1 saturated carbocycles. The molecule has 1 aliphatic rings. The summed E-state index contributed by atoms with van der Waals surface area (Å²) >= 11 is 0. The predicted octanol–water partition coefficient (Wildman–Crippen LogP) is 0.809. The summed E-state index contributed by atoms with van der Waals surface area (Å²) in [5, 5.41) is 5.64. The molecule has 3 amide bonds. The molecule has 146 valence electrons. The van der Waals surface area contributed by atoms with Crippen molar-refractivity contribution in [1.82, 2.24) is 10.3 Å². The van der Waals surface area contributed by atoms with E-state index in [-0.39, 0.29) is 22.8 Å². The molecule has 28 heavy (non-hydrogen) atoms. The number of aromatic nitrogens is 1. The van der Waals surface area contributed by atoms with E-state index in [4.69, 9.17) is 16.2 Å². The van der Waals surface area contributed by atoms with E-state index < -0.39 is 17.2 Å². The second-order valence-electron chi connectivity index (χ2n) is 6.52. The van der Waals surface area contributed by atoms with Gasteiger partial charge in [0.25, 0.3) is 11.8 Å². The number of anilines is 2. The summed E-state index contributed by atoms with van der Waals surface area (Å²) in [7, 11) is 2.91. The molecule has 0 aliphatic heterocycles. The lowest BCUT2D eigenvalue weighted by Crippen LogP contribution is -2.29. The van der Waals surface area contributed by atoms with Gasteiger partial charge in [-0.3, -0.25) is 19.4 Å². The number of primary amides is 2. The Hall–Kier alpha value is -3.62. The first-order valence-electron chi connectivity index (χ1n) is 8.60. The zero-order chi connectivity index (χ0) is 20.5. The topological polar surface area (TPSA) is 149 Å². The molecule has 0 bridgehead atoms. The van der Waals surface area contributed by atoms with Gasteiger partial charge in [0.2, 0.25) is 5.91 Å². The van der Waals surface area contributed by atoms with Crippen molar-refractivity contribution in [1.29, 1.82) is 0 Å². The van der Waals surface area contributed by atoms with Crippen LogP contribution in [0.25, 0.3) is 0 Å². The fraction of sp³-hybridized carbons (Fsp3) is 0.263. The van der Waals surface area contributed by atoms with Crippen molar-refractivity contribution in [3.63, 3.8) is 0 Å². The number of para-hydroxylation sites is 1. The average Bonchev–Trinajstić information content (AvgIpc) is 3.49. The summed E-state index contributed by atoms with van der Waals surface area (Å²) < 4.78 is 5.33. The molecule has 1 aromatic carbocycles. The van der Waals surface area contributed by atoms with Gasteiger partial charge in [-0.15, -0.1) is 0 Å². The maximum absolute atomic E-state index is 12.3. The second kappa shape index (κ2) is 7.18. The highest BCUT2D eigenvalue weighted by Gasteiger charge is 2.51. The van der Waals surface area contributed by atoms with Gasteiger partial charge in [0.05, 0.1) is 40.7 Å². The minimum absolute atomic E-state index is 0.194. The third-order valence-electron chi connectivity index (χ3n) is 4.84. The molecule has 2 aromatic rings. The van der Waals surface area contributed by atoms with Crippen LogP contribution in [0.2, 0.25) is 0 Å². The molecular weight excluding hydrogens is 362 g/mol. The van der Waals surface area contributed by atoms with E-state index in [1.165, 1.54) is 26.4 Å². The lowest BCUT2D eigenvalue weighted by Gasteiger charge is -2.18. The number of methoxy groups -OCH3 is 1. The normalized spacial score (nSPS) is 14.1. The van der Waals surface area contributed by atoms with Gasteiger partial charge < -0.3 is 26.8 Å². The highest BCUT2D eigenvalue weighted by molar-refractivity contribution is 6.02. The molecule has 6 N–H and O–H groups in total. The molecule has 1 heterocycles. The number of amides is 3. The van der Waals surface area contributed by atoms with Crippen LogP contribution in [-0.2, 0) is 10.2 Å². The van der Waals surface area contributed by atoms with E-state index in [1.54, 1.807) is 18.2 Å². The molecule has 0 radical (unpaired) electrons. The van der Waals surface area contributed by atoms with Gasteiger partial charge in [0.1, 0.15) is 0 Å². The molecule has 0 unspecified atom stereocenters. The maximum Gasteiger partial charge on any atom is 0.254 e. The van der Waals surface area contributed by atoms with Crippen LogP contribution in [0.4, 0.5) is 11.4 Å². The van der Waals surface area contributed by atoms with Crippen LogP contribution in [0.5, 0.6) is 5.75 Å². The van der Waals surface area contributed by atoms with E-state index in [9.17, 15) is 14.4 Å². The van der Waals surface area contributed by atoms with Crippen LogP contribution in [-0.4, -0.2) is 36.9 Å². The number of ether oxygens (including phenoxy) is 1. The zero-order valence-corrected chi connectivity index (χ0v) is 15.5. The highest BCUT2D eigenvalue weighted by atomic mass is 16.5. The summed E-state index contributed by atoms with van der Waals surface area (Å²) in [4.78, 5) is 40.1. The molecule has 9 nitrogen and oxygen atoms in total. The van der Waals surface area contributed by atoms with Crippen LogP contribution < -0.4 is 26.8 Å². The Balaban J connectivity index is 2.10. The van der Waals surface area contributed by atoms with Crippen molar-refractivity contribution in [3.05, 3.63) is 47.3 Å². The number of rotatable bonds is 7. The lowest BCUT2D eigenvalue weighted by molar-refractivity contribution is -0.120. The summed E-state index contributed by atoms with van der Waals surface area (Å²) in [6, 6.07) is 6.48. The molecule has 0 atom stereocenters. The first-order chi connectivity index (χ1) is 13.3. The van der Waals surface area contributed by atoms with Gasteiger partial charge in [-0.25, -0.2) is 0 Å². The van der Waals surface area contributed by atoms with Crippen LogP contribution in [0.3, 0.4) is 0 Å². The summed E-state index contributed by atoms with van der Waals surface area (Å²) in [5.41, 5.74) is 11.9. The maximum atomic E-state index is 12.3. The van der Waals surface area contributed by atoms with Gasteiger partial charge in [-0.2, -0.15) is 0 Å². The first kappa shape index (κ1) is 19.2. The van der Waals surface area contributed by atoms with Crippen LogP contribution in [0, 0.1) is 0 Å². The quantitative estimate of drug-likeness (QED) is 0.556. The Morgan fingerprint density at radius 3 is 2.39 bits per heavy atom. The third kappa shape index (κ3) is 3.22. The molecule has 9 heteroatoms. The van der Waals surface area contributed by atoms with Gasteiger partial charge in [-0.05, 0) is 31.0 Å². The van der Waals surface area contributed by atoms with Crippen molar-refractivity contribution < 1.29 is 19.1 Å². The molecule has 3 rings (SSSR count). The van der Waals surface area contributed by atoms with Crippen molar-refractivity contribution in [3.8, 4) is 5.75 Å². The fourth-order valence-electron chi connectivity index (χ4n) is 3.08. The number of nitrogens with two attached hydrogens (primary N) is 2. The number of nitrogens with one attached hydrogen (secondary N) is 2. The Morgan fingerprint density at radius 1 is 1.14 bits per heavy atom. The van der Waals surface area contributed by atoms with Crippen LogP contribution in [0.15, 0.2) is 30.5 Å². The monoisotopic (exact) mass is 383 g/mol. The minimum Gasteiger partial charge on any atom is -0.494 e. The van der Waals surface area contributed by atoms with Gasteiger partial charge in [-0.1, -0.05) is 6.07 Å². The number of pyridine rings is 1. The Labute approximate surface area is 161 Å². The smallest absolute Gasteiger partial charge is 0.254 e. The van der Waals surface area contributed by atoms with E-state index in [0.29, 0.717) is 29.9 Å². The minimum atomic E-state index is -0.809. The Bertz CT molecular complexity index is 969. The van der Waals surface area contributed by atoms with Crippen LogP contribution >= 0.6 is 0 Å². The van der Waals surface area contributed by atoms with E-state index in [1.807, 2.05) is 0 Å². The second-order valence-corrected chi connectivity index (χ2v) is 6.52. The van der Waals surface area contributed by atoms with Crippen molar-refractivity contribution in [2.24, 2.45) is 11.5 Å². The molecule has 0 spiro atoms. The molecule has 1 aromatic heterocycles. The molecule has 1 fully saturated rings. The third-order valence-corrected chi connectivity index (χ3v) is 4.84. The van der Waals surface area contributed by atoms with Gasteiger partial charge in [0, 0.05) is 13.2 Å². The van der Waals surface area contributed by atoms with Crippen molar-refractivity contribution >= 4 is 29.1 Å². The van der Waals surface area contributed by atoms with E-state index in [2.05, 4.69) is 15.6 Å². The summed E-state index contributed by atoms with van der Waals surface area (Å²) in [6.07, 6.45) is 2.60. The van der Waals surface area contributed by atoms with E-state index in [0.717, 1.165) is 0 Å². The average molecular weight is 383 g/mol. The summed E-state index contributed by atoms with van der Waals surface area (Å²) in [6.45, 7) is 0. The Morgan fingerprint density at radius 2 is 1.86 bits per heavy atom. The SMILES string of the molecule is CNC(=O)c1cnc(C2(C(N)=O)CC2)cc1Nc1cccc(C(N)=O)c1OC. The Kier molecular flexibility index (Phi) is 4.91. The lowest BCUT2D eigenvalue weighted by atomic mass is 9.99. The van der Waals surface area contributed by atoms with Crippen molar-refractivity contribution in [2.75, 3.05) is 19.5 Å². The number of benzene rings is 1. The van der Waals surface area contributed by atoms with E-state index >= 15 is 0 Å². The van der Waals surface area contributed by atoms with Gasteiger partial charge >= 0.3 is 0 Å². The highest BCUT2D eigenvalue weighted by Crippen LogP contribution is 2.48. The van der Waals surface area contributed by atoms with Crippen LogP contribution in [0.1, 0.15) is 39.3 Å². The number of carbonyl (C=O) groups is 3. The number of hydrogen-bond donors (Lipinski definition) is 4. The number of nitrogens with zero attached hydrogens (tertiary/aromatic N) is 1. The number of carbonyl (C=O) groups excluding carboxylic acids is 3. The summed E-state index contributed by atoms with van der Waals surface area (Å²) in [5.74, 6) is -1.22. The molecular formula is C19H21N5O4. The first-order valence-corrected chi connectivity index (χ1v) is 8.60. The number of hydrogen-bond acceptors (Lipinski definition) is 6. The van der Waals surface area contributed by atoms with Gasteiger partial charge in [0.15, 0.2) is 5.75 Å². The molecule has 0 saturated heterocycles. The zero-order valence-electron chi connectivity index (χ0n) is 15.5. The predicted molar refractivity (Wildman–Crippen MR) is 103 cm³/mol. The molecule has 1 aliphatic carbocycles. The van der Waals surface area contributed by atoms with Crippen molar-refractivity contribution in [2.45, 2.75) is 18.3 Å². The standard InChI is InChI=1S/C19H21N5O4/c1-22-17(26)11-9-23-14(19(6-7-19)18(21)27)8-13(11)24-12-5-3-4-10(16(20)25)15(12)28-2/h3-5,8-9H,6-7H2,1-2H3,(H2,20,25)(H2,21,27)(H,22,26)(H,23,24).